The first-order chi connectivity index (χ1) is 16.4. The van der Waals surface area contributed by atoms with Crippen LogP contribution in [0.25, 0.3) is 0 Å². The third-order valence-electron chi connectivity index (χ3n) is 6.39. The Morgan fingerprint density at radius 3 is 1.30 bits per heavy atom. The number of halogens is 1. The average Bonchev–Trinajstić information content (AvgIpc) is 2.89. The van der Waals surface area contributed by atoms with Crippen LogP contribution in [0.15, 0.2) is 103 Å². The van der Waals surface area contributed by atoms with E-state index in [0.717, 1.165) is 6.16 Å². The molecule has 0 radical (unpaired) electrons. The number of alkyl halides is 1. The molecule has 0 aliphatic heterocycles. The molecule has 0 amide bonds. The standard InChI is InChI=1S/C31H39IP/c32-27-19-8-6-4-2-1-3-5-7-9-20-28-33(29-21-13-10-14-22-29,30-23-15-11-16-24-30)31-25-17-12-18-26-31/h9-18,20-26H,1-8,19,27-28H2/q+1. The van der Waals surface area contributed by atoms with Crippen molar-refractivity contribution in [3.05, 3.63) is 103 Å². The third kappa shape index (κ3) is 8.08. The molecule has 174 valence electrons. The molecule has 0 aliphatic rings. The fourth-order valence-electron chi connectivity index (χ4n) is 4.58. The summed E-state index contributed by atoms with van der Waals surface area (Å²) in [5.74, 6) is 0. The first-order valence-corrected chi connectivity index (χ1v) is 16.1. The molecule has 3 aromatic rings. The van der Waals surface area contributed by atoms with Gasteiger partial charge in [0.2, 0.25) is 0 Å². The maximum absolute atomic E-state index is 2.49. The second kappa shape index (κ2) is 15.5. The highest BCUT2D eigenvalue weighted by Crippen LogP contribution is 2.55. The Hall–Kier alpha value is -1.44. The van der Waals surface area contributed by atoms with Crippen LogP contribution in [0.2, 0.25) is 0 Å². The Labute approximate surface area is 216 Å². The van der Waals surface area contributed by atoms with Crippen LogP contribution in [-0.2, 0) is 0 Å². The molecular formula is C31H39IP+. The van der Waals surface area contributed by atoms with Gasteiger partial charge in [0.05, 0.1) is 6.16 Å². The van der Waals surface area contributed by atoms with E-state index in [2.05, 4.69) is 126 Å². The molecular weight excluding hydrogens is 530 g/mol. The van der Waals surface area contributed by atoms with Crippen LogP contribution in [0.1, 0.15) is 57.8 Å². The molecule has 0 saturated carbocycles. The summed E-state index contributed by atoms with van der Waals surface area (Å²) in [6, 6.07) is 33.6. The highest BCUT2D eigenvalue weighted by Gasteiger charge is 2.43. The predicted octanol–water partition coefficient (Wildman–Crippen LogP) is 8.48. The van der Waals surface area contributed by atoms with Crippen LogP contribution in [-0.4, -0.2) is 10.6 Å². The van der Waals surface area contributed by atoms with Gasteiger partial charge in [-0.2, -0.15) is 0 Å². The lowest BCUT2D eigenvalue weighted by Gasteiger charge is -2.26. The summed E-state index contributed by atoms with van der Waals surface area (Å²) in [5.41, 5.74) is 0. The first kappa shape index (κ1) is 26.2. The molecule has 0 aromatic heterocycles. The molecule has 0 saturated heterocycles. The van der Waals surface area contributed by atoms with E-state index in [1.807, 2.05) is 0 Å². The van der Waals surface area contributed by atoms with Crippen molar-refractivity contribution in [1.82, 2.24) is 0 Å². The van der Waals surface area contributed by atoms with E-state index in [1.54, 1.807) is 0 Å². The fourth-order valence-corrected chi connectivity index (χ4v) is 9.15. The molecule has 0 aliphatic carbocycles. The van der Waals surface area contributed by atoms with Gasteiger partial charge in [0.15, 0.2) is 0 Å². The Kier molecular flexibility index (Phi) is 12.3. The summed E-state index contributed by atoms with van der Waals surface area (Å²) in [6.07, 6.45) is 18.4. The molecule has 0 heterocycles. The van der Waals surface area contributed by atoms with Gasteiger partial charge in [0.1, 0.15) is 23.2 Å². The number of rotatable bonds is 15. The van der Waals surface area contributed by atoms with Crippen LogP contribution in [0, 0.1) is 0 Å². The van der Waals surface area contributed by atoms with Crippen molar-refractivity contribution >= 4 is 45.8 Å². The molecule has 0 nitrogen and oxygen atoms in total. The van der Waals surface area contributed by atoms with E-state index in [9.17, 15) is 0 Å². The van der Waals surface area contributed by atoms with Crippen LogP contribution in [0.4, 0.5) is 0 Å². The number of benzene rings is 3. The van der Waals surface area contributed by atoms with Gasteiger partial charge in [-0.25, -0.2) is 0 Å². The molecule has 0 unspecified atom stereocenters. The minimum absolute atomic E-state index is 1.09. The molecule has 0 bridgehead atoms. The van der Waals surface area contributed by atoms with Crippen molar-refractivity contribution in [3.63, 3.8) is 0 Å². The highest BCUT2D eigenvalue weighted by atomic mass is 127. The third-order valence-corrected chi connectivity index (χ3v) is 11.5. The van der Waals surface area contributed by atoms with E-state index in [0.29, 0.717) is 0 Å². The topological polar surface area (TPSA) is 0 Å². The summed E-state index contributed by atoms with van der Waals surface area (Å²) in [7, 11) is -1.72. The van der Waals surface area contributed by atoms with E-state index in [4.69, 9.17) is 0 Å². The SMILES string of the molecule is ICCCCCCCCCCC=CC[P+](c1ccccc1)(c1ccccc1)c1ccccc1. The minimum atomic E-state index is -1.72. The largest absolute Gasteiger partial charge is 0.115 e. The molecule has 3 aromatic carbocycles. The number of hydrogen-bond donors (Lipinski definition) is 0. The summed E-state index contributed by atoms with van der Waals surface area (Å²) in [6.45, 7) is 0. The summed E-state index contributed by atoms with van der Waals surface area (Å²) >= 11 is 2.49. The first-order valence-electron chi connectivity index (χ1n) is 12.6. The summed E-state index contributed by atoms with van der Waals surface area (Å²) in [4.78, 5) is 0. The second-order valence-corrected chi connectivity index (χ2v) is 13.4. The zero-order valence-corrected chi connectivity index (χ0v) is 23.0. The molecule has 0 atom stereocenters. The van der Waals surface area contributed by atoms with Crippen molar-refractivity contribution in [2.45, 2.75) is 57.8 Å². The van der Waals surface area contributed by atoms with Crippen molar-refractivity contribution < 1.29 is 0 Å². The quantitative estimate of drug-likeness (QED) is 0.0566. The Balaban J connectivity index is 1.65. The van der Waals surface area contributed by atoms with Gasteiger partial charge in [0, 0.05) is 0 Å². The second-order valence-electron chi connectivity index (χ2n) is 8.78. The number of hydrogen-bond acceptors (Lipinski definition) is 0. The van der Waals surface area contributed by atoms with Gasteiger partial charge in [0.25, 0.3) is 0 Å². The highest BCUT2D eigenvalue weighted by molar-refractivity contribution is 14.1. The van der Waals surface area contributed by atoms with Crippen LogP contribution >= 0.6 is 29.9 Å². The lowest BCUT2D eigenvalue weighted by atomic mass is 10.1. The molecule has 33 heavy (non-hydrogen) atoms. The molecule has 0 spiro atoms. The van der Waals surface area contributed by atoms with Crippen molar-refractivity contribution in [2.75, 3.05) is 10.6 Å². The summed E-state index contributed by atoms with van der Waals surface area (Å²) < 4.78 is 1.31. The molecule has 0 N–H and O–H groups in total. The Bertz CT molecular complexity index is 809. The molecule has 0 fully saturated rings. The van der Waals surface area contributed by atoms with E-state index >= 15 is 0 Å². The lowest BCUT2D eigenvalue weighted by Crippen LogP contribution is -2.32. The smallest absolute Gasteiger partial charge is 0.0864 e. The molecule has 3 rings (SSSR count). The van der Waals surface area contributed by atoms with E-state index in [1.165, 1.54) is 78.1 Å². The molecule has 2 heteroatoms. The zero-order chi connectivity index (χ0) is 23.0. The summed E-state index contributed by atoms with van der Waals surface area (Å²) in [5, 5.41) is 4.40. The van der Waals surface area contributed by atoms with Gasteiger partial charge >= 0.3 is 0 Å². The lowest BCUT2D eigenvalue weighted by molar-refractivity contribution is 0.579. The monoisotopic (exact) mass is 569 g/mol. The average molecular weight is 570 g/mol. The van der Waals surface area contributed by atoms with Gasteiger partial charge in [-0.3, -0.25) is 0 Å². The number of allylic oxidation sites excluding steroid dienone is 2. The van der Waals surface area contributed by atoms with Crippen molar-refractivity contribution in [3.8, 4) is 0 Å². The van der Waals surface area contributed by atoms with Gasteiger partial charge in [-0.15, -0.1) is 0 Å². The zero-order valence-electron chi connectivity index (χ0n) is 19.9. The van der Waals surface area contributed by atoms with Gasteiger partial charge in [-0.05, 0) is 60.1 Å². The van der Waals surface area contributed by atoms with Crippen molar-refractivity contribution in [2.24, 2.45) is 0 Å². The fraction of sp³-hybridized carbons (Fsp3) is 0.355. The number of unbranched alkanes of at least 4 members (excludes halogenated alkanes) is 8. The van der Waals surface area contributed by atoms with Crippen LogP contribution in [0.3, 0.4) is 0 Å². The maximum atomic E-state index is 2.49. The van der Waals surface area contributed by atoms with Crippen molar-refractivity contribution in [1.29, 1.82) is 0 Å². The van der Waals surface area contributed by atoms with Crippen LogP contribution in [0.5, 0.6) is 0 Å². The van der Waals surface area contributed by atoms with E-state index < -0.39 is 7.26 Å². The Morgan fingerprint density at radius 1 is 0.485 bits per heavy atom. The van der Waals surface area contributed by atoms with Gasteiger partial charge in [-0.1, -0.05) is 128 Å². The predicted molar refractivity (Wildman–Crippen MR) is 160 cm³/mol. The van der Waals surface area contributed by atoms with Gasteiger partial charge < -0.3 is 0 Å². The maximum Gasteiger partial charge on any atom is 0.115 e. The van der Waals surface area contributed by atoms with E-state index in [-0.39, 0.29) is 0 Å². The van der Waals surface area contributed by atoms with Crippen LogP contribution < -0.4 is 15.9 Å². The Morgan fingerprint density at radius 2 is 0.879 bits per heavy atom. The minimum Gasteiger partial charge on any atom is -0.0864 e. The normalized spacial score (nSPS) is 11.8.